The minimum atomic E-state index is -0.146. The highest BCUT2D eigenvalue weighted by Gasteiger charge is 2.32. The number of hydrogen-bond donors (Lipinski definition) is 1. The van der Waals surface area contributed by atoms with E-state index in [-0.39, 0.29) is 23.1 Å². The smallest absolute Gasteiger partial charge is 0.168 e. The zero-order valence-corrected chi connectivity index (χ0v) is 11.1. The fraction of sp³-hybridized carbons (Fsp3) is 0.714. The molecule has 1 fully saturated rings. The molecule has 1 aliphatic carbocycles. The van der Waals surface area contributed by atoms with Gasteiger partial charge in [0, 0.05) is 25.7 Å². The molecule has 1 atom stereocenters. The topological polar surface area (TPSA) is 58.9 Å². The van der Waals surface area contributed by atoms with E-state index < -0.39 is 0 Å². The van der Waals surface area contributed by atoms with Crippen molar-refractivity contribution in [2.24, 2.45) is 10.4 Å². The van der Waals surface area contributed by atoms with Crippen molar-refractivity contribution in [2.45, 2.75) is 45.6 Å². The van der Waals surface area contributed by atoms with Gasteiger partial charge in [-0.1, -0.05) is 13.8 Å². The highest BCUT2D eigenvalue weighted by atomic mass is 16.5. The van der Waals surface area contributed by atoms with Crippen LogP contribution in [0, 0.1) is 5.41 Å². The number of aliphatic imine (C=N–C) groups is 1. The van der Waals surface area contributed by atoms with Gasteiger partial charge in [0.05, 0.1) is 18.2 Å². The number of carbonyl (C=O) groups excluding carboxylic acids is 1. The second-order valence-electron chi connectivity index (χ2n) is 5.93. The van der Waals surface area contributed by atoms with Crippen molar-refractivity contribution in [3.05, 3.63) is 11.3 Å². The first-order chi connectivity index (χ1) is 8.48. The summed E-state index contributed by atoms with van der Waals surface area (Å²) < 4.78 is 5.45. The maximum absolute atomic E-state index is 11.9. The summed E-state index contributed by atoms with van der Waals surface area (Å²) in [6.07, 6.45) is 4.83. The number of rotatable bonds is 3. The lowest BCUT2D eigenvalue weighted by atomic mass is 9.77. The first-order valence-electron chi connectivity index (χ1n) is 6.55. The van der Waals surface area contributed by atoms with Crippen molar-refractivity contribution in [3.8, 4) is 0 Å². The maximum Gasteiger partial charge on any atom is 0.168 e. The largest absolute Gasteiger partial charge is 0.511 e. The van der Waals surface area contributed by atoms with E-state index in [1.807, 2.05) is 13.8 Å². The van der Waals surface area contributed by atoms with Crippen LogP contribution < -0.4 is 0 Å². The number of ketones is 1. The summed E-state index contributed by atoms with van der Waals surface area (Å²) in [6.45, 7) is 5.36. The summed E-state index contributed by atoms with van der Waals surface area (Å²) in [5, 5.41) is 9.90. The normalized spacial score (nSPS) is 28.3. The Labute approximate surface area is 108 Å². The average Bonchev–Trinajstić information content (AvgIpc) is 2.73. The van der Waals surface area contributed by atoms with E-state index >= 15 is 0 Å². The molecule has 0 unspecified atom stereocenters. The van der Waals surface area contributed by atoms with Crippen LogP contribution in [0.2, 0.25) is 0 Å². The van der Waals surface area contributed by atoms with Gasteiger partial charge in [0.25, 0.3) is 0 Å². The Balaban J connectivity index is 1.99. The van der Waals surface area contributed by atoms with Gasteiger partial charge in [0.2, 0.25) is 0 Å². The van der Waals surface area contributed by atoms with Crippen LogP contribution in [-0.4, -0.2) is 36.4 Å². The molecule has 1 heterocycles. The molecule has 18 heavy (non-hydrogen) atoms. The first-order valence-corrected chi connectivity index (χ1v) is 6.55. The second-order valence-corrected chi connectivity index (χ2v) is 5.93. The van der Waals surface area contributed by atoms with E-state index in [9.17, 15) is 9.90 Å². The van der Waals surface area contributed by atoms with Crippen molar-refractivity contribution in [3.63, 3.8) is 0 Å². The van der Waals surface area contributed by atoms with Crippen LogP contribution in [0.5, 0.6) is 0 Å². The molecule has 0 radical (unpaired) electrons. The number of nitrogens with zero attached hydrogens (tertiary/aromatic N) is 1. The number of aliphatic hydroxyl groups is 1. The highest BCUT2D eigenvalue weighted by Crippen LogP contribution is 2.35. The number of carbonyl (C=O) groups is 1. The Bertz CT molecular complexity index is 390. The van der Waals surface area contributed by atoms with Crippen molar-refractivity contribution in [1.82, 2.24) is 0 Å². The highest BCUT2D eigenvalue weighted by molar-refractivity contribution is 6.14. The van der Waals surface area contributed by atoms with E-state index in [1.54, 1.807) is 0 Å². The number of ether oxygens (including phenoxy) is 1. The third-order valence-corrected chi connectivity index (χ3v) is 3.45. The van der Waals surface area contributed by atoms with Crippen LogP contribution in [-0.2, 0) is 9.53 Å². The van der Waals surface area contributed by atoms with Crippen LogP contribution in [0.3, 0.4) is 0 Å². The van der Waals surface area contributed by atoms with Gasteiger partial charge < -0.3 is 9.84 Å². The van der Waals surface area contributed by atoms with Gasteiger partial charge in [-0.3, -0.25) is 9.79 Å². The molecule has 4 heteroatoms. The minimum absolute atomic E-state index is 0.0140. The van der Waals surface area contributed by atoms with E-state index in [0.29, 0.717) is 25.0 Å². The van der Waals surface area contributed by atoms with Crippen molar-refractivity contribution in [1.29, 1.82) is 0 Å². The number of Topliss-reactive ketones (excluding diaryl/α,β-unsaturated/α-hetero) is 1. The van der Waals surface area contributed by atoms with Crippen LogP contribution >= 0.6 is 0 Å². The van der Waals surface area contributed by atoms with E-state index in [1.165, 1.54) is 6.21 Å². The van der Waals surface area contributed by atoms with Gasteiger partial charge in [-0.05, 0) is 18.3 Å². The molecule has 0 amide bonds. The van der Waals surface area contributed by atoms with Gasteiger partial charge in [-0.15, -0.1) is 0 Å². The Morgan fingerprint density at radius 1 is 1.50 bits per heavy atom. The molecular formula is C14H21NO3. The van der Waals surface area contributed by atoms with Crippen LogP contribution in [0.25, 0.3) is 0 Å². The summed E-state index contributed by atoms with van der Waals surface area (Å²) in [5.74, 6) is 0.159. The van der Waals surface area contributed by atoms with Crippen LogP contribution in [0.4, 0.5) is 0 Å². The lowest BCUT2D eigenvalue weighted by Gasteiger charge is -2.28. The first kappa shape index (κ1) is 13.3. The number of hydrogen-bond acceptors (Lipinski definition) is 4. The molecule has 1 aliphatic heterocycles. The standard InChI is InChI=1S/C14H21NO3/c1-14(2)6-12(16)11(13(17)7-14)9-15-8-10-4-3-5-18-10/h9-10,16H,3-8H2,1-2H3/t10-/m0/s1. The van der Waals surface area contributed by atoms with Gasteiger partial charge in [-0.25, -0.2) is 0 Å². The Hall–Kier alpha value is -1.16. The van der Waals surface area contributed by atoms with Gasteiger partial charge in [-0.2, -0.15) is 0 Å². The number of allylic oxidation sites excluding steroid dienone is 2. The summed E-state index contributed by atoms with van der Waals surface area (Å²) in [5.41, 5.74) is 0.236. The lowest BCUT2D eigenvalue weighted by molar-refractivity contribution is -0.117. The Kier molecular flexibility index (Phi) is 3.85. The maximum atomic E-state index is 11.9. The zero-order chi connectivity index (χ0) is 13.2. The lowest BCUT2D eigenvalue weighted by Crippen LogP contribution is -2.26. The minimum Gasteiger partial charge on any atom is -0.511 e. The fourth-order valence-corrected chi connectivity index (χ4v) is 2.50. The van der Waals surface area contributed by atoms with Gasteiger partial charge in [0.1, 0.15) is 5.76 Å². The quantitative estimate of drug-likeness (QED) is 0.784. The molecule has 0 spiro atoms. The third-order valence-electron chi connectivity index (χ3n) is 3.45. The third kappa shape index (κ3) is 3.19. The molecule has 0 aromatic rings. The monoisotopic (exact) mass is 251 g/mol. The molecule has 4 nitrogen and oxygen atoms in total. The van der Waals surface area contributed by atoms with E-state index in [4.69, 9.17) is 4.74 Å². The molecule has 2 rings (SSSR count). The van der Waals surface area contributed by atoms with Gasteiger partial charge in [0.15, 0.2) is 5.78 Å². The molecule has 1 saturated heterocycles. The molecule has 2 aliphatic rings. The molecule has 0 aromatic carbocycles. The predicted octanol–water partition coefficient (Wildman–Crippen LogP) is 2.44. The Morgan fingerprint density at radius 2 is 2.28 bits per heavy atom. The summed E-state index contributed by atoms with van der Waals surface area (Å²) in [4.78, 5) is 16.1. The summed E-state index contributed by atoms with van der Waals surface area (Å²) in [7, 11) is 0. The molecule has 0 saturated carbocycles. The summed E-state index contributed by atoms with van der Waals surface area (Å²) in [6, 6.07) is 0. The van der Waals surface area contributed by atoms with Crippen molar-refractivity contribution >= 4 is 12.0 Å². The molecule has 1 N–H and O–H groups in total. The van der Waals surface area contributed by atoms with Crippen LogP contribution in [0.1, 0.15) is 39.5 Å². The molecular weight excluding hydrogens is 230 g/mol. The van der Waals surface area contributed by atoms with Crippen LogP contribution in [0.15, 0.2) is 16.3 Å². The molecule has 0 bridgehead atoms. The molecule has 100 valence electrons. The average molecular weight is 251 g/mol. The van der Waals surface area contributed by atoms with Crippen molar-refractivity contribution < 1.29 is 14.6 Å². The van der Waals surface area contributed by atoms with Crippen molar-refractivity contribution in [2.75, 3.05) is 13.2 Å². The summed E-state index contributed by atoms with van der Waals surface area (Å²) >= 11 is 0. The van der Waals surface area contributed by atoms with Gasteiger partial charge >= 0.3 is 0 Å². The number of aliphatic hydroxyl groups excluding tert-OH is 1. The molecule has 0 aromatic heterocycles. The fourth-order valence-electron chi connectivity index (χ4n) is 2.50. The second kappa shape index (κ2) is 5.22. The van der Waals surface area contributed by atoms with E-state index in [2.05, 4.69) is 4.99 Å². The van der Waals surface area contributed by atoms with E-state index in [0.717, 1.165) is 19.4 Å². The zero-order valence-electron chi connectivity index (χ0n) is 11.1. The predicted molar refractivity (Wildman–Crippen MR) is 70.0 cm³/mol. The Morgan fingerprint density at radius 3 is 2.89 bits per heavy atom. The SMILES string of the molecule is CC1(C)CC(=O)C(C=NC[C@@H]2CCCO2)=C(O)C1.